The average molecular weight is 286 g/mol. The standard InChI is InChI=1S/C10H18N6O2S/c11-15-8-12-9(16-3-1-2-4-16)14-10(13-8)19-6-7(18)5-17/h7,17-18H,1-6,11H2,(H,12,13,14,15). The number of anilines is 2. The number of nitrogens with zero attached hydrogens (tertiary/aromatic N) is 4. The number of aliphatic hydroxyl groups excluding tert-OH is 2. The molecule has 0 aliphatic carbocycles. The largest absolute Gasteiger partial charge is 0.394 e. The lowest BCUT2D eigenvalue weighted by atomic mass is 10.4. The Hall–Kier alpha value is -1.16. The van der Waals surface area contributed by atoms with E-state index >= 15 is 0 Å². The van der Waals surface area contributed by atoms with E-state index in [-0.39, 0.29) is 6.61 Å². The molecule has 0 aromatic carbocycles. The van der Waals surface area contributed by atoms with Crippen LogP contribution in [0.25, 0.3) is 0 Å². The first-order valence-electron chi connectivity index (χ1n) is 6.12. The summed E-state index contributed by atoms with van der Waals surface area (Å²) in [5, 5.41) is 18.6. The van der Waals surface area contributed by atoms with E-state index in [1.807, 2.05) is 0 Å². The summed E-state index contributed by atoms with van der Waals surface area (Å²) in [7, 11) is 0. The zero-order valence-corrected chi connectivity index (χ0v) is 11.3. The van der Waals surface area contributed by atoms with E-state index in [1.54, 1.807) is 0 Å². The molecule has 0 bridgehead atoms. The normalized spacial score (nSPS) is 16.7. The maximum absolute atomic E-state index is 9.33. The van der Waals surface area contributed by atoms with Crippen molar-refractivity contribution in [1.29, 1.82) is 0 Å². The molecule has 1 aliphatic heterocycles. The van der Waals surface area contributed by atoms with Gasteiger partial charge < -0.3 is 15.1 Å². The fourth-order valence-corrected chi connectivity index (χ4v) is 2.50. The molecule has 1 unspecified atom stereocenters. The highest BCUT2D eigenvalue weighted by atomic mass is 32.2. The fourth-order valence-electron chi connectivity index (χ4n) is 1.76. The van der Waals surface area contributed by atoms with Crippen molar-refractivity contribution in [2.75, 3.05) is 35.8 Å². The third kappa shape index (κ3) is 3.90. The Kier molecular flexibility index (Phi) is 5.14. The molecule has 1 saturated heterocycles. The first-order valence-corrected chi connectivity index (χ1v) is 7.11. The van der Waals surface area contributed by atoms with Gasteiger partial charge in [-0.05, 0) is 12.8 Å². The van der Waals surface area contributed by atoms with E-state index < -0.39 is 6.10 Å². The second kappa shape index (κ2) is 6.85. The number of hydrogen-bond donors (Lipinski definition) is 4. The number of aromatic nitrogens is 3. The summed E-state index contributed by atoms with van der Waals surface area (Å²) in [5.41, 5.74) is 2.42. The lowest BCUT2D eigenvalue weighted by Gasteiger charge is -2.16. The first-order chi connectivity index (χ1) is 9.22. The molecule has 5 N–H and O–H groups in total. The van der Waals surface area contributed by atoms with Gasteiger partial charge in [0.15, 0.2) is 5.16 Å². The van der Waals surface area contributed by atoms with E-state index in [9.17, 15) is 5.11 Å². The molecule has 9 heteroatoms. The molecular formula is C10H18N6O2S. The van der Waals surface area contributed by atoms with Crippen LogP contribution < -0.4 is 16.2 Å². The Balaban J connectivity index is 2.11. The maximum Gasteiger partial charge on any atom is 0.242 e. The summed E-state index contributed by atoms with van der Waals surface area (Å²) >= 11 is 1.26. The first kappa shape index (κ1) is 14.3. The van der Waals surface area contributed by atoms with E-state index in [1.165, 1.54) is 11.8 Å². The van der Waals surface area contributed by atoms with Gasteiger partial charge in [-0.25, -0.2) is 5.84 Å². The Morgan fingerprint density at radius 1 is 1.32 bits per heavy atom. The van der Waals surface area contributed by atoms with Crippen LogP contribution >= 0.6 is 11.8 Å². The molecule has 0 amide bonds. The van der Waals surface area contributed by atoms with Gasteiger partial charge >= 0.3 is 0 Å². The molecule has 19 heavy (non-hydrogen) atoms. The lowest BCUT2D eigenvalue weighted by Crippen LogP contribution is -2.23. The van der Waals surface area contributed by atoms with Crippen molar-refractivity contribution in [2.45, 2.75) is 24.1 Å². The number of nitrogens with two attached hydrogens (primary N) is 1. The Morgan fingerprint density at radius 2 is 2.05 bits per heavy atom. The number of nitrogens with one attached hydrogen (secondary N) is 1. The van der Waals surface area contributed by atoms with Crippen molar-refractivity contribution < 1.29 is 10.2 Å². The maximum atomic E-state index is 9.33. The third-order valence-electron chi connectivity index (χ3n) is 2.74. The summed E-state index contributed by atoms with van der Waals surface area (Å²) in [5.74, 6) is 6.57. The molecule has 2 rings (SSSR count). The van der Waals surface area contributed by atoms with Gasteiger partial charge in [-0.3, -0.25) is 5.43 Å². The Labute approximate surface area is 115 Å². The smallest absolute Gasteiger partial charge is 0.242 e. The van der Waals surface area contributed by atoms with Gasteiger partial charge in [0.05, 0.1) is 12.7 Å². The van der Waals surface area contributed by atoms with E-state index in [0.29, 0.717) is 22.8 Å². The van der Waals surface area contributed by atoms with Crippen molar-refractivity contribution in [3.8, 4) is 0 Å². The summed E-state index contributed by atoms with van der Waals surface area (Å²) in [6.45, 7) is 1.58. The van der Waals surface area contributed by atoms with Crippen molar-refractivity contribution in [2.24, 2.45) is 5.84 Å². The van der Waals surface area contributed by atoms with Crippen LogP contribution in [0.3, 0.4) is 0 Å². The number of aliphatic hydroxyl groups is 2. The Morgan fingerprint density at radius 3 is 2.68 bits per heavy atom. The number of thioether (sulfide) groups is 1. The molecule has 1 fully saturated rings. The molecule has 0 radical (unpaired) electrons. The summed E-state index contributed by atoms with van der Waals surface area (Å²) in [4.78, 5) is 14.8. The molecule has 1 aromatic rings. The van der Waals surface area contributed by atoms with Crippen LogP contribution in [0.4, 0.5) is 11.9 Å². The molecule has 1 aliphatic rings. The highest BCUT2D eigenvalue weighted by Gasteiger charge is 2.17. The van der Waals surface area contributed by atoms with Crippen molar-refractivity contribution in [3.05, 3.63) is 0 Å². The van der Waals surface area contributed by atoms with Crippen LogP contribution in [0, 0.1) is 0 Å². The molecule has 2 heterocycles. The van der Waals surface area contributed by atoms with Crippen LogP contribution in [-0.4, -0.2) is 56.7 Å². The monoisotopic (exact) mass is 286 g/mol. The Bertz CT molecular complexity index is 415. The zero-order chi connectivity index (χ0) is 13.7. The molecular weight excluding hydrogens is 268 g/mol. The SMILES string of the molecule is NNc1nc(SCC(O)CO)nc(N2CCCC2)n1. The van der Waals surface area contributed by atoms with Crippen LogP contribution in [0.1, 0.15) is 12.8 Å². The van der Waals surface area contributed by atoms with Crippen LogP contribution in [0.2, 0.25) is 0 Å². The minimum absolute atomic E-state index is 0.279. The predicted molar refractivity (Wildman–Crippen MR) is 72.9 cm³/mol. The zero-order valence-electron chi connectivity index (χ0n) is 10.5. The van der Waals surface area contributed by atoms with Gasteiger partial charge in [-0.15, -0.1) is 0 Å². The van der Waals surface area contributed by atoms with Gasteiger partial charge in [0.2, 0.25) is 11.9 Å². The van der Waals surface area contributed by atoms with Gasteiger partial charge in [-0.2, -0.15) is 15.0 Å². The highest BCUT2D eigenvalue weighted by Crippen LogP contribution is 2.21. The van der Waals surface area contributed by atoms with Crippen molar-refractivity contribution >= 4 is 23.7 Å². The fraction of sp³-hybridized carbons (Fsp3) is 0.700. The van der Waals surface area contributed by atoms with E-state index in [4.69, 9.17) is 10.9 Å². The lowest BCUT2D eigenvalue weighted by molar-refractivity contribution is 0.113. The molecule has 1 atom stereocenters. The number of hydrazine groups is 1. The molecule has 106 valence electrons. The second-order valence-electron chi connectivity index (χ2n) is 4.23. The molecule has 8 nitrogen and oxygen atoms in total. The number of rotatable bonds is 6. The molecule has 1 aromatic heterocycles. The van der Waals surface area contributed by atoms with Gasteiger partial charge in [-0.1, -0.05) is 11.8 Å². The van der Waals surface area contributed by atoms with Gasteiger partial charge in [0, 0.05) is 18.8 Å². The van der Waals surface area contributed by atoms with Crippen LogP contribution in [0.15, 0.2) is 5.16 Å². The average Bonchev–Trinajstić information content (AvgIpc) is 2.98. The second-order valence-corrected chi connectivity index (χ2v) is 5.21. The summed E-state index contributed by atoms with van der Waals surface area (Å²) in [6, 6.07) is 0. The topological polar surface area (TPSA) is 120 Å². The van der Waals surface area contributed by atoms with Crippen LogP contribution in [-0.2, 0) is 0 Å². The summed E-state index contributed by atoms with van der Waals surface area (Å²) in [6.07, 6.45) is 1.47. The third-order valence-corrected chi connectivity index (χ3v) is 3.73. The molecule has 0 saturated carbocycles. The van der Waals surface area contributed by atoms with Gasteiger partial charge in [0.25, 0.3) is 0 Å². The highest BCUT2D eigenvalue weighted by molar-refractivity contribution is 7.99. The molecule has 0 spiro atoms. The number of hydrogen-bond acceptors (Lipinski definition) is 9. The van der Waals surface area contributed by atoms with Crippen molar-refractivity contribution in [3.63, 3.8) is 0 Å². The van der Waals surface area contributed by atoms with E-state index in [0.717, 1.165) is 25.9 Å². The minimum Gasteiger partial charge on any atom is -0.394 e. The van der Waals surface area contributed by atoms with Crippen molar-refractivity contribution in [1.82, 2.24) is 15.0 Å². The van der Waals surface area contributed by atoms with E-state index in [2.05, 4.69) is 25.3 Å². The van der Waals surface area contributed by atoms with Gasteiger partial charge in [0.1, 0.15) is 0 Å². The minimum atomic E-state index is -0.786. The quantitative estimate of drug-likeness (QED) is 0.302. The van der Waals surface area contributed by atoms with Crippen LogP contribution in [0.5, 0.6) is 0 Å². The summed E-state index contributed by atoms with van der Waals surface area (Å²) < 4.78 is 0. The predicted octanol–water partition coefficient (Wildman–Crippen LogP) is -0.797. The number of nitrogen functional groups attached to an aromatic ring is 1.